The zero-order chi connectivity index (χ0) is 14.7. The Morgan fingerprint density at radius 3 is 1.10 bits per heavy atom. The van der Waals surface area contributed by atoms with Crippen LogP contribution in [0, 0.1) is 0 Å². The molecular weight excluding hydrogens is 246 g/mol. The SMILES string of the molecule is CCCCCCCCCCCCCCCCCCON. The van der Waals surface area contributed by atoms with Crippen LogP contribution in [0.25, 0.3) is 0 Å². The molecule has 0 amide bonds. The summed E-state index contributed by atoms with van der Waals surface area (Å²) in [5, 5.41) is 0. The van der Waals surface area contributed by atoms with Crippen molar-refractivity contribution in [1.82, 2.24) is 0 Å². The third-order valence-corrected chi connectivity index (χ3v) is 4.12. The van der Waals surface area contributed by atoms with Crippen molar-refractivity contribution in [3.8, 4) is 0 Å². The molecule has 0 aliphatic heterocycles. The van der Waals surface area contributed by atoms with Crippen molar-refractivity contribution >= 4 is 0 Å². The predicted molar refractivity (Wildman–Crippen MR) is 89.7 cm³/mol. The second kappa shape index (κ2) is 18.9. The first kappa shape index (κ1) is 19.9. The Kier molecular flexibility index (Phi) is 18.8. The molecule has 0 unspecified atom stereocenters. The van der Waals surface area contributed by atoms with Crippen LogP contribution < -0.4 is 5.90 Å². The zero-order valence-corrected chi connectivity index (χ0v) is 14.0. The third-order valence-electron chi connectivity index (χ3n) is 4.12. The molecule has 2 heteroatoms. The molecule has 2 nitrogen and oxygen atoms in total. The van der Waals surface area contributed by atoms with Crippen LogP contribution in [0.3, 0.4) is 0 Å². The molecule has 0 atom stereocenters. The monoisotopic (exact) mass is 285 g/mol. The van der Waals surface area contributed by atoms with Gasteiger partial charge in [0.2, 0.25) is 0 Å². The minimum absolute atomic E-state index is 0.721. The maximum Gasteiger partial charge on any atom is 0.0679 e. The number of nitrogens with two attached hydrogens (primary N) is 1. The summed E-state index contributed by atoms with van der Waals surface area (Å²) in [6, 6.07) is 0. The van der Waals surface area contributed by atoms with E-state index in [1.165, 1.54) is 96.3 Å². The normalized spacial score (nSPS) is 11.1. The molecule has 20 heavy (non-hydrogen) atoms. The molecule has 2 N–H and O–H groups in total. The Hall–Kier alpha value is -0.0800. The molecular formula is C18H39NO. The molecule has 0 rings (SSSR count). The van der Waals surface area contributed by atoms with E-state index in [1.807, 2.05) is 0 Å². The first-order valence-corrected chi connectivity index (χ1v) is 9.23. The average Bonchev–Trinajstić information content (AvgIpc) is 2.47. The fourth-order valence-electron chi connectivity index (χ4n) is 2.73. The molecule has 0 aromatic heterocycles. The lowest BCUT2D eigenvalue weighted by atomic mass is 10.0. The van der Waals surface area contributed by atoms with Gasteiger partial charge in [0.05, 0.1) is 6.61 Å². The van der Waals surface area contributed by atoms with E-state index in [9.17, 15) is 0 Å². The number of unbranched alkanes of at least 4 members (excludes halogenated alkanes) is 15. The lowest BCUT2D eigenvalue weighted by molar-refractivity contribution is 0.133. The maximum absolute atomic E-state index is 4.99. The molecule has 0 aromatic rings. The standard InChI is InChI=1S/C18H39NO/c1-2-3-4-5-6-7-8-9-10-11-12-13-14-15-16-17-18-20-19/h2-19H2,1H3. The fourth-order valence-corrected chi connectivity index (χ4v) is 2.73. The van der Waals surface area contributed by atoms with Crippen molar-refractivity contribution < 1.29 is 4.84 Å². The summed E-state index contributed by atoms with van der Waals surface area (Å²) >= 11 is 0. The Labute approximate surface area is 127 Å². The molecule has 122 valence electrons. The molecule has 0 bridgehead atoms. The van der Waals surface area contributed by atoms with Crippen LogP contribution in [0.5, 0.6) is 0 Å². The minimum Gasteiger partial charge on any atom is -0.305 e. The molecule has 0 aliphatic carbocycles. The average molecular weight is 286 g/mol. The van der Waals surface area contributed by atoms with Crippen molar-refractivity contribution in [2.75, 3.05) is 6.61 Å². The van der Waals surface area contributed by atoms with Crippen molar-refractivity contribution in [2.24, 2.45) is 5.90 Å². The van der Waals surface area contributed by atoms with Gasteiger partial charge in [-0.1, -0.05) is 103 Å². The summed E-state index contributed by atoms with van der Waals surface area (Å²) in [7, 11) is 0. The summed E-state index contributed by atoms with van der Waals surface area (Å²) in [5.41, 5.74) is 0. The molecule has 0 heterocycles. The van der Waals surface area contributed by atoms with Gasteiger partial charge < -0.3 is 4.84 Å². The van der Waals surface area contributed by atoms with Gasteiger partial charge in [0.15, 0.2) is 0 Å². The molecule has 0 saturated heterocycles. The molecule has 0 saturated carbocycles. The van der Waals surface area contributed by atoms with E-state index >= 15 is 0 Å². The number of hydrogen-bond donors (Lipinski definition) is 1. The van der Waals surface area contributed by atoms with E-state index in [0.29, 0.717) is 0 Å². The van der Waals surface area contributed by atoms with Gasteiger partial charge in [0, 0.05) is 0 Å². The van der Waals surface area contributed by atoms with Crippen molar-refractivity contribution in [1.29, 1.82) is 0 Å². The second-order valence-corrected chi connectivity index (χ2v) is 6.17. The first-order chi connectivity index (χ1) is 9.91. The molecule has 0 aromatic carbocycles. The topological polar surface area (TPSA) is 35.2 Å². The second-order valence-electron chi connectivity index (χ2n) is 6.17. The Morgan fingerprint density at radius 2 is 0.800 bits per heavy atom. The van der Waals surface area contributed by atoms with Crippen LogP contribution in [0.1, 0.15) is 110 Å². The minimum atomic E-state index is 0.721. The van der Waals surface area contributed by atoms with Gasteiger partial charge in [-0.15, -0.1) is 0 Å². The molecule has 0 spiro atoms. The highest BCUT2D eigenvalue weighted by atomic mass is 16.6. The highest BCUT2D eigenvalue weighted by molar-refractivity contribution is 4.49. The van der Waals surface area contributed by atoms with E-state index in [4.69, 9.17) is 5.90 Å². The lowest BCUT2D eigenvalue weighted by Gasteiger charge is -2.03. The first-order valence-electron chi connectivity index (χ1n) is 9.23. The van der Waals surface area contributed by atoms with E-state index < -0.39 is 0 Å². The van der Waals surface area contributed by atoms with Crippen molar-refractivity contribution in [3.63, 3.8) is 0 Å². The van der Waals surface area contributed by atoms with Gasteiger partial charge in [0.25, 0.3) is 0 Å². The summed E-state index contributed by atoms with van der Waals surface area (Å²) in [5.74, 6) is 4.99. The van der Waals surface area contributed by atoms with Gasteiger partial charge in [-0.05, 0) is 6.42 Å². The Balaban J connectivity index is 2.89. The van der Waals surface area contributed by atoms with Gasteiger partial charge in [-0.25, -0.2) is 5.90 Å². The van der Waals surface area contributed by atoms with Crippen LogP contribution in [0.4, 0.5) is 0 Å². The molecule has 0 aliphatic rings. The summed E-state index contributed by atoms with van der Waals surface area (Å²) in [4.78, 5) is 4.56. The number of rotatable bonds is 17. The predicted octanol–water partition coefficient (Wildman–Crippen LogP) is 6.14. The summed E-state index contributed by atoms with van der Waals surface area (Å²) in [6.45, 7) is 3.01. The van der Waals surface area contributed by atoms with E-state index in [1.54, 1.807) is 0 Å². The van der Waals surface area contributed by atoms with Gasteiger partial charge in [-0.3, -0.25) is 0 Å². The van der Waals surface area contributed by atoms with Crippen molar-refractivity contribution in [3.05, 3.63) is 0 Å². The summed E-state index contributed by atoms with van der Waals surface area (Å²) < 4.78 is 0. The van der Waals surface area contributed by atoms with Crippen LogP contribution >= 0.6 is 0 Å². The quantitative estimate of drug-likeness (QED) is 0.257. The zero-order valence-electron chi connectivity index (χ0n) is 14.0. The largest absolute Gasteiger partial charge is 0.305 e. The lowest BCUT2D eigenvalue weighted by Crippen LogP contribution is -2.00. The maximum atomic E-state index is 4.99. The smallest absolute Gasteiger partial charge is 0.0679 e. The van der Waals surface area contributed by atoms with E-state index in [-0.39, 0.29) is 0 Å². The van der Waals surface area contributed by atoms with Crippen molar-refractivity contribution in [2.45, 2.75) is 110 Å². The van der Waals surface area contributed by atoms with Crippen LogP contribution in [-0.4, -0.2) is 6.61 Å². The van der Waals surface area contributed by atoms with Gasteiger partial charge >= 0.3 is 0 Å². The van der Waals surface area contributed by atoms with Gasteiger partial charge in [-0.2, -0.15) is 0 Å². The van der Waals surface area contributed by atoms with E-state index in [2.05, 4.69) is 11.8 Å². The van der Waals surface area contributed by atoms with E-state index in [0.717, 1.165) is 13.0 Å². The third kappa shape index (κ3) is 17.9. The molecule has 0 radical (unpaired) electrons. The van der Waals surface area contributed by atoms with Crippen LogP contribution in [0.15, 0.2) is 0 Å². The van der Waals surface area contributed by atoms with Crippen LogP contribution in [-0.2, 0) is 4.84 Å². The Bertz CT molecular complexity index is 143. The highest BCUT2D eigenvalue weighted by Gasteiger charge is 1.94. The van der Waals surface area contributed by atoms with Crippen LogP contribution in [0.2, 0.25) is 0 Å². The number of hydrogen-bond acceptors (Lipinski definition) is 2. The fraction of sp³-hybridized carbons (Fsp3) is 1.00. The molecule has 0 fully saturated rings. The van der Waals surface area contributed by atoms with Gasteiger partial charge in [0.1, 0.15) is 0 Å². The Morgan fingerprint density at radius 1 is 0.500 bits per heavy atom. The summed E-state index contributed by atoms with van der Waals surface area (Å²) in [6.07, 6.45) is 22.4. The highest BCUT2D eigenvalue weighted by Crippen LogP contribution is 2.13.